The van der Waals surface area contributed by atoms with Crippen LogP contribution < -0.4 is 10.2 Å². The van der Waals surface area contributed by atoms with E-state index in [4.69, 9.17) is 4.74 Å². The largest absolute Gasteiger partial charge is 0.416 e. The molecule has 0 aliphatic carbocycles. The number of halogens is 3. The maximum Gasteiger partial charge on any atom is 0.416 e. The summed E-state index contributed by atoms with van der Waals surface area (Å²) < 4.78 is 48.3. The first-order valence-corrected chi connectivity index (χ1v) is 14.1. The van der Waals surface area contributed by atoms with Crippen molar-refractivity contribution in [3.63, 3.8) is 0 Å². The Morgan fingerprint density at radius 2 is 1.80 bits per heavy atom. The number of benzene rings is 1. The lowest BCUT2D eigenvalue weighted by molar-refractivity contribution is -0.137. The zero-order valence-electron chi connectivity index (χ0n) is 22.6. The molecule has 4 saturated heterocycles. The van der Waals surface area contributed by atoms with Crippen LogP contribution in [0.25, 0.3) is 0 Å². The van der Waals surface area contributed by atoms with E-state index >= 15 is 0 Å². The molecule has 12 heteroatoms. The highest BCUT2D eigenvalue weighted by molar-refractivity contribution is 5.88. The number of hydrogen-bond acceptors (Lipinski definition) is 6. The zero-order chi connectivity index (χ0) is 28.1. The van der Waals surface area contributed by atoms with Crippen LogP contribution in [0.15, 0.2) is 30.5 Å². The molecule has 216 valence electrons. The van der Waals surface area contributed by atoms with E-state index in [9.17, 15) is 22.8 Å². The summed E-state index contributed by atoms with van der Waals surface area (Å²) in [5.41, 5.74) is 0.870. The fourth-order valence-electron chi connectivity index (χ4n) is 6.93. The van der Waals surface area contributed by atoms with Crippen LogP contribution in [0, 0.1) is 0 Å². The van der Waals surface area contributed by atoms with E-state index in [1.807, 2.05) is 0 Å². The fraction of sp³-hybridized carbons (Fsp3) is 0.607. The molecule has 1 aromatic heterocycles. The number of fused-ring (bicyclic) bond motifs is 2. The van der Waals surface area contributed by atoms with Gasteiger partial charge in [0.1, 0.15) is 0 Å². The summed E-state index contributed by atoms with van der Waals surface area (Å²) in [4.78, 5) is 30.6. The van der Waals surface area contributed by atoms with Crippen LogP contribution in [0.4, 0.5) is 29.5 Å². The van der Waals surface area contributed by atoms with Crippen LogP contribution in [0.3, 0.4) is 0 Å². The van der Waals surface area contributed by atoms with E-state index in [2.05, 4.69) is 20.2 Å². The topological polar surface area (TPSA) is 82.9 Å². The second-order valence-corrected chi connectivity index (χ2v) is 11.5. The number of rotatable bonds is 4. The van der Waals surface area contributed by atoms with Gasteiger partial charge in [0.2, 0.25) is 5.91 Å². The van der Waals surface area contributed by atoms with Crippen LogP contribution in [0.1, 0.15) is 56.6 Å². The SMILES string of the molecule is CC(=O)Nc1ccn(C(=O)N2CCC3(CCCN3Cc3ccc(C(F)(F)F)cc3N3CC4CCC(C3)O4)CC2)n1. The molecule has 2 amide bonds. The molecular formula is C28H35F3N6O3. The van der Waals surface area contributed by atoms with E-state index in [0.29, 0.717) is 44.2 Å². The molecule has 9 nitrogen and oxygen atoms in total. The number of alkyl halides is 3. The van der Waals surface area contributed by atoms with Crippen LogP contribution in [-0.4, -0.2) is 82.0 Å². The minimum atomic E-state index is -4.40. The van der Waals surface area contributed by atoms with E-state index in [-0.39, 0.29) is 29.7 Å². The maximum absolute atomic E-state index is 13.7. The minimum Gasteiger partial charge on any atom is -0.371 e. The quantitative estimate of drug-likeness (QED) is 0.600. The summed E-state index contributed by atoms with van der Waals surface area (Å²) in [6.45, 7) is 5.20. The van der Waals surface area contributed by atoms with Gasteiger partial charge in [0.15, 0.2) is 5.82 Å². The van der Waals surface area contributed by atoms with Gasteiger partial charge in [0.05, 0.1) is 17.8 Å². The van der Waals surface area contributed by atoms with Crippen LogP contribution >= 0.6 is 0 Å². The molecule has 40 heavy (non-hydrogen) atoms. The zero-order valence-corrected chi connectivity index (χ0v) is 22.6. The molecule has 4 aliphatic heterocycles. The normalized spacial score (nSPS) is 24.6. The Morgan fingerprint density at radius 1 is 1.07 bits per heavy atom. The van der Waals surface area contributed by atoms with E-state index in [1.165, 1.54) is 23.7 Å². The molecule has 4 fully saturated rings. The molecule has 4 aliphatic rings. The first-order chi connectivity index (χ1) is 19.1. The maximum atomic E-state index is 13.7. The van der Waals surface area contributed by atoms with Crippen molar-refractivity contribution in [1.82, 2.24) is 19.6 Å². The van der Waals surface area contributed by atoms with E-state index in [0.717, 1.165) is 50.6 Å². The Morgan fingerprint density at radius 3 is 2.48 bits per heavy atom. The lowest BCUT2D eigenvalue weighted by atomic mass is 9.84. The number of carbonyl (C=O) groups excluding carboxylic acids is 2. The van der Waals surface area contributed by atoms with Gasteiger partial charge in [-0.25, -0.2) is 4.79 Å². The number of likely N-dealkylation sites (tertiary alicyclic amines) is 2. The summed E-state index contributed by atoms with van der Waals surface area (Å²) in [7, 11) is 0. The highest BCUT2D eigenvalue weighted by Crippen LogP contribution is 2.42. The fourth-order valence-corrected chi connectivity index (χ4v) is 6.93. The highest BCUT2D eigenvalue weighted by Gasteiger charge is 2.45. The van der Waals surface area contributed by atoms with Crippen LogP contribution in [-0.2, 0) is 22.3 Å². The number of aromatic nitrogens is 2. The molecule has 0 saturated carbocycles. The van der Waals surface area contributed by atoms with Crippen molar-refractivity contribution in [3.8, 4) is 0 Å². The minimum absolute atomic E-state index is 0.0743. The van der Waals surface area contributed by atoms with Gasteiger partial charge in [-0.3, -0.25) is 9.69 Å². The molecule has 1 aromatic carbocycles. The van der Waals surface area contributed by atoms with Gasteiger partial charge in [0, 0.05) is 63.1 Å². The summed E-state index contributed by atoms with van der Waals surface area (Å²) in [6, 6.07) is 5.54. The van der Waals surface area contributed by atoms with Crippen molar-refractivity contribution < 1.29 is 27.5 Å². The Balaban J connectivity index is 1.17. The van der Waals surface area contributed by atoms with Gasteiger partial charge in [0.25, 0.3) is 0 Å². The Labute approximate surface area is 231 Å². The average molecular weight is 561 g/mol. The Kier molecular flexibility index (Phi) is 7.02. The second-order valence-electron chi connectivity index (χ2n) is 11.5. The number of hydrogen-bond donors (Lipinski definition) is 1. The molecule has 0 radical (unpaired) electrons. The van der Waals surface area contributed by atoms with Gasteiger partial charge in [-0.05, 0) is 62.8 Å². The molecule has 1 spiro atoms. The number of nitrogens with zero attached hydrogens (tertiary/aromatic N) is 5. The van der Waals surface area contributed by atoms with Gasteiger partial charge >= 0.3 is 12.2 Å². The molecule has 2 atom stereocenters. The van der Waals surface area contributed by atoms with Gasteiger partial charge < -0.3 is 19.9 Å². The molecule has 5 heterocycles. The lowest BCUT2D eigenvalue weighted by Crippen LogP contribution is -2.53. The van der Waals surface area contributed by atoms with Crippen molar-refractivity contribution in [3.05, 3.63) is 41.6 Å². The smallest absolute Gasteiger partial charge is 0.371 e. The first-order valence-electron chi connectivity index (χ1n) is 14.1. The van der Waals surface area contributed by atoms with Crippen molar-refractivity contribution in [2.24, 2.45) is 0 Å². The summed E-state index contributed by atoms with van der Waals surface area (Å²) >= 11 is 0. The lowest BCUT2D eigenvalue weighted by Gasteiger charge is -2.45. The number of carbonyl (C=O) groups is 2. The van der Waals surface area contributed by atoms with Crippen molar-refractivity contribution >= 4 is 23.4 Å². The molecule has 2 bridgehead atoms. The summed E-state index contributed by atoms with van der Waals surface area (Å²) in [5, 5.41) is 6.75. The van der Waals surface area contributed by atoms with Gasteiger partial charge in [-0.1, -0.05) is 6.07 Å². The summed E-state index contributed by atoms with van der Waals surface area (Å²) in [6.07, 6.45) is 2.79. The standard InChI is InChI=1S/C28H35F3N6O3/c1-19(38)32-25-7-12-37(33-25)26(39)34-13-9-27(10-14-34)8-2-11-36(27)16-20-3-4-21(28(29,30)31)15-24(20)35-17-22-5-6-23(18-35)40-22/h3-4,7,12,15,22-23H,2,5-6,8-11,13-14,16-18H2,1H3,(H,32,33,38). The van der Waals surface area contributed by atoms with Crippen molar-refractivity contribution in [1.29, 1.82) is 0 Å². The van der Waals surface area contributed by atoms with Gasteiger partial charge in [-0.15, -0.1) is 5.10 Å². The van der Waals surface area contributed by atoms with E-state index < -0.39 is 11.7 Å². The monoisotopic (exact) mass is 560 g/mol. The third-order valence-electron chi connectivity index (χ3n) is 8.95. The number of amides is 2. The predicted molar refractivity (Wildman–Crippen MR) is 142 cm³/mol. The highest BCUT2D eigenvalue weighted by atomic mass is 19.4. The van der Waals surface area contributed by atoms with Crippen molar-refractivity contribution in [2.75, 3.05) is 42.9 Å². The third kappa shape index (κ3) is 5.30. The number of ether oxygens (including phenoxy) is 1. The molecule has 2 aromatic rings. The second kappa shape index (κ2) is 10.4. The first kappa shape index (κ1) is 27.1. The van der Waals surface area contributed by atoms with Crippen molar-refractivity contribution in [2.45, 2.75) is 75.9 Å². The number of piperidine rings is 1. The Bertz CT molecular complexity index is 1260. The number of morpholine rings is 1. The van der Waals surface area contributed by atoms with Crippen LogP contribution in [0.2, 0.25) is 0 Å². The van der Waals surface area contributed by atoms with Crippen LogP contribution in [0.5, 0.6) is 0 Å². The van der Waals surface area contributed by atoms with Gasteiger partial charge in [-0.2, -0.15) is 17.9 Å². The predicted octanol–water partition coefficient (Wildman–Crippen LogP) is 4.33. The summed E-state index contributed by atoms with van der Waals surface area (Å²) in [5.74, 6) is 0.0769. The molecule has 2 unspecified atom stereocenters. The molecule has 6 rings (SSSR count). The molecular weight excluding hydrogens is 525 g/mol. The average Bonchev–Trinajstić information content (AvgIpc) is 3.62. The Hall–Kier alpha value is -3.12. The number of nitrogens with one attached hydrogen (secondary N) is 1. The van der Waals surface area contributed by atoms with E-state index in [1.54, 1.807) is 23.2 Å². The third-order valence-corrected chi connectivity index (χ3v) is 8.95. The number of anilines is 2. The molecule has 1 N–H and O–H groups in total.